The van der Waals surface area contributed by atoms with E-state index in [0.29, 0.717) is 13.2 Å². The van der Waals surface area contributed by atoms with Crippen LogP contribution in [-0.2, 0) is 16.1 Å². The van der Waals surface area contributed by atoms with Crippen LogP contribution in [0.25, 0.3) is 0 Å². The Kier molecular flexibility index (Phi) is 15.5. The van der Waals surface area contributed by atoms with Gasteiger partial charge in [0, 0.05) is 6.54 Å². The number of carbonyl (C=O) groups excluding carboxylic acids is 1. The van der Waals surface area contributed by atoms with Crippen LogP contribution in [0, 0.1) is 0 Å². The van der Waals surface area contributed by atoms with Gasteiger partial charge in [0.2, 0.25) is 0 Å². The molecular weight excluding hydrogens is 238 g/mol. The molecule has 0 saturated carbocycles. The van der Waals surface area contributed by atoms with Gasteiger partial charge in [-0.2, -0.15) is 0 Å². The van der Waals surface area contributed by atoms with Crippen LogP contribution in [-0.4, -0.2) is 31.1 Å². The zero-order chi connectivity index (χ0) is 15.1. The van der Waals surface area contributed by atoms with Crippen LogP contribution in [0.3, 0.4) is 0 Å². The molecule has 0 N–H and O–H groups in total. The molecule has 0 saturated heterocycles. The third kappa shape index (κ3) is 11.5. The topological polar surface area (TPSA) is 29.5 Å². The second kappa shape index (κ2) is 14.7. The summed E-state index contributed by atoms with van der Waals surface area (Å²) in [6.07, 6.45) is 0. The Balaban J connectivity index is 0. The highest BCUT2D eigenvalue weighted by molar-refractivity contribution is 5.71. The van der Waals surface area contributed by atoms with Crippen molar-refractivity contribution in [1.29, 1.82) is 0 Å². The van der Waals surface area contributed by atoms with Gasteiger partial charge in [0.25, 0.3) is 0 Å². The Labute approximate surface area is 118 Å². The predicted molar refractivity (Wildman–Crippen MR) is 82.1 cm³/mol. The Morgan fingerprint density at radius 3 is 2.11 bits per heavy atom. The first-order valence-corrected chi connectivity index (χ1v) is 7.10. The van der Waals surface area contributed by atoms with Crippen LogP contribution in [0.1, 0.15) is 40.2 Å². The van der Waals surface area contributed by atoms with E-state index in [1.54, 1.807) is 0 Å². The molecule has 0 aliphatic rings. The van der Waals surface area contributed by atoms with Crippen molar-refractivity contribution in [3.63, 3.8) is 0 Å². The molecule has 0 amide bonds. The van der Waals surface area contributed by atoms with E-state index in [1.807, 2.05) is 76.9 Å². The molecule has 3 nitrogen and oxygen atoms in total. The van der Waals surface area contributed by atoms with Crippen LogP contribution in [0.2, 0.25) is 0 Å². The Bertz CT molecular complexity index is 299. The number of nitrogens with zero attached hydrogens (tertiary/aromatic N) is 1. The number of benzene rings is 1. The molecule has 0 fully saturated rings. The van der Waals surface area contributed by atoms with Gasteiger partial charge >= 0.3 is 5.97 Å². The lowest BCUT2D eigenvalue weighted by Crippen LogP contribution is -2.26. The van der Waals surface area contributed by atoms with Crippen molar-refractivity contribution in [2.45, 2.75) is 41.2 Å². The SMILES string of the molecule is CC.CC.CCOC(=O)CN(C)Cc1ccccc1. The number of hydrogen-bond donors (Lipinski definition) is 0. The lowest BCUT2D eigenvalue weighted by Gasteiger charge is -2.15. The zero-order valence-corrected chi connectivity index (χ0v) is 13.3. The maximum absolute atomic E-state index is 11.2. The van der Waals surface area contributed by atoms with Gasteiger partial charge in [-0.1, -0.05) is 58.0 Å². The summed E-state index contributed by atoms with van der Waals surface area (Å²) in [5.74, 6) is -0.170. The van der Waals surface area contributed by atoms with Crippen molar-refractivity contribution < 1.29 is 9.53 Å². The first kappa shape index (κ1) is 20.0. The minimum atomic E-state index is -0.170. The molecular formula is C16H29NO2. The molecule has 1 aromatic carbocycles. The summed E-state index contributed by atoms with van der Waals surface area (Å²) in [4.78, 5) is 13.1. The third-order valence-corrected chi connectivity index (χ3v) is 2.00. The number of hydrogen-bond acceptors (Lipinski definition) is 3. The summed E-state index contributed by atoms with van der Waals surface area (Å²) in [5, 5.41) is 0. The van der Waals surface area contributed by atoms with Gasteiger partial charge in [-0.3, -0.25) is 9.69 Å². The zero-order valence-electron chi connectivity index (χ0n) is 13.3. The smallest absolute Gasteiger partial charge is 0.320 e. The van der Waals surface area contributed by atoms with Crippen molar-refractivity contribution >= 4 is 5.97 Å². The van der Waals surface area contributed by atoms with Crippen molar-refractivity contribution in [1.82, 2.24) is 4.90 Å². The Morgan fingerprint density at radius 2 is 1.63 bits per heavy atom. The van der Waals surface area contributed by atoms with Crippen LogP contribution >= 0.6 is 0 Å². The first-order chi connectivity index (χ1) is 9.22. The summed E-state index contributed by atoms with van der Waals surface area (Å²) >= 11 is 0. The molecule has 1 rings (SSSR count). The molecule has 0 radical (unpaired) electrons. The van der Waals surface area contributed by atoms with Crippen LogP contribution in [0.5, 0.6) is 0 Å². The second-order valence-electron chi connectivity index (χ2n) is 3.46. The monoisotopic (exact) mass is 267 g/mol. The van der Waals surface area contributed by atoms with Gasteiger partial charge < -0.3 is 4.74 Å². The van der Waals surface area contributed by atoms with Crippen LogP contribution in [0.15, 0.2) is 30.3 Å². The molecule has 0 aliphatic heterocycles. The van der Waals surface area contributed by atoms with E-state index >= 15 is 0 Å². The molecule has 0 atom stereocenters. The van der Waals surface area contributed by atoms with Gasteiger partial charge in [-0.25, -0.2) is 0 Å². The standard InChI is InChI=1S/C12H17NO2.2C2H6/c1-3-15-12(14)10-13(2)9-11-7-5-4-6-8-11;2*1-2/h4-8H,3,9-10H2,1-2H3;2*1-2H3. The number of likely N-dealkylation sites (N-methyl/N-ethyl adjacent to an activating group) is 1. The van der Waals surface area contributed by atoms with Crippen molar-refractivity contribution in [2.75, 3.05) is 20.2 Å². The lowest BCUT2D eigenvalue weighted by molar-refractivity contribution is -0.144. The molecule has 0 aromatic heterocycles. The first-order valence-electron chi connectivity index (χ1n) is 7.10. The molecule has 3 heteroatoms. The minimum Gasteiger partial charge on any atom is -0.465 e. The molecule has 0 spiro atoms. The molecule has 0 unspecified atom stereocenters. The summed E-state index contributed by atoms with van der Waals surface area (Å²) in [6.45, 7) is 11.4. The molecule has 0 heterocycles. The fourth-order valence-corrected chi connectivity index (χ4v) is 1.38. The van der Waals surface area contributed by atoms with Crippen LogP contribution < -0.4 is 0 Å². The quantitative estimate of drug-likeness (QED) is 0.761. The molecule has 110 valence electrons. The van der Waals surface area contributed by atoms with Crippen molar-refractivity contribution in [3.8, 4) is 0 Å². The normalized spacial score (nSPS) is 8.79. The van der Waals surface area contributed by atoms with Gasteiger partial charge in [0.1, 0.15) is 0 Å². The van der Waals surface area contributed by atoms with Crippen molar-refractivity contribution in [2.24, 2.45) is 0 Å². The number of rotatable bonds is 5. The molecule has 1 aromatic rings. The number of ether oxygens (including phenoxy) is 1. The fourth-order valence-electron chi connectivity index (χ4n) is 1.38. The fraction of sp³-hybridized carbons (Fsp3) is 0.562. The van der Waals surface area contributed by atoms with Crippen LogP contribution in [0.4, 0.5) is 0 Å². The largest absolute Gasteiger partial charge is 0.465 e. The Hall–Kier alpha value is -1.35. The van der Waals surface area contributed by atoms with E-state index < -0.39 is 0 Å². The summed E-state index contributed by atoms with van der Waals surface area (Å²) in [5.41, 5.74) is 1.20. The molecule has 0 bridgehead atoms. The second-order valence-corrected chi connectivity index (χ2v) is 3.46. The summed E-state index contributed by atoms with van der Waals surface area (Å²) in [6, 6.07) is 10.1. The average molecular weight is 267 g/mol. The third-order valence-electron chi connectivity index (χ3n) is 2.00. The minimum absolute atomic E-state index is 0.170. The van der Waals surface area contributed by atoms with Gasteiger partial charge in [-0.05, 0) is 19.5 Å². The maximum atomic E-state index is 11.2. The number of carbonyl (C=O) groups is 1. The number of esters is 1. The van der Waals surface area contributed by atoms with E-state index in [9.17, 15) is 4.79 Å². The van der Waals surface area contributed by atoms with Crippen molar-refractivity contribution in [3.05, 3.63) is 35.9 Å². The van der Waals surface area contributed by atoms with Gasteiger partial charge in [0.05, 0.1) is 13.2 Å². The van der Waals surface area contributed by atoms with E-state index in [4.69, 9.17) is 4.74 Å². The average Bonchev–Trinajstić information content (AvgIpc) is 2.44. The molecule has 0 aliphatic carbocycles. The maximum Gasteiger partial charge on any atom is 0.320 e. The van der Waals surface area contributed by atoms with E-state index in [0.717, 1.165) is 6.54 Å². The highest BCUT2D eigenvalue weighted by atomic mass is 16.5. The predicted octanol–water partition coefficient (Wildman–Crippen LogP) is 3.73. The Morgan fingerprint density at radius 1 is 1.11 bits per heavy atom. The highest BCUT2D eigenvalue weighted by Crippen LogP contribution is 2.02. The summed E-state index contributed by atoms with van der Waals surface area (Å²) < 4.78 is 4.87. The van der Waals surface area contributed by atoms with Gasteiger partial charge in [-0.15, -0.1) is 0 Å². The lowest BCUT2D eigenvalue weighted by atomic mass is 10.2. The summed E-state index contributed by atoms with van der Waals surface area (Å²) in [7, 11) is 1.91. The van der Waals surface area contributed by atoms with E-state index in [2.05, 4.69) is 0 Å². The molecule has 19 heavy (non-hydrogen) atoms. The highest BCUT2D eigenvalue weighted by Gasteiger charge is 2.06. The van der Waals surface area contributed by atoms with E-state index in [1.165, 1.54) is 5.56 Å². The van der Waals surface area contributed by atoms with E-state index in [-0.39, 0.29) is 5.97 Å². The van der Waals surface area contributed by atoms with Gasteiger partial charge in [0.15, 0.2) is 0 Å².